The van der Waals surface area contributed by atoms with E-state index in [1.807, 2.05) is 48.5 Å². The van der Waals surface area contributed by atoms with Gasteiger partial charge in [-0.25, -0.2) is 9.78 Å². The number of ether oxygens (including phenoxy) is 2. The third-order valence-corrected chi connectivity index (χ3v) is 5.55. The predicted molar refractivity (Wildman–Crippen MR) is 131 cm³/mol. The van der Waals surface area contributed by atoms with Gasteiger partial charge in [-0.3, -0.25) is 4.79 Å². The number of benzene rings is 2. The predicted octanol–water partition coefficient (Wildman–Crippen LogP) is 3.82. The average molecular weight is 545 g/mol. The molecular formula is C24H24IN3O4. The lowest BCUT2D eigenvalue weighted by molar-refractivity contribution is -0.147. The lowest BCUT2D eigenvalue weighted by atomic mass is 10.1. The Morgan fingerprint density at radius 1 is 1.03 bits per heavy atom. The molecule has 0 unspecified atom stereocenters. The molecule has 0 bridgehead atoms. The second-order valence-corrected chi connectivity index (χ2v) is 7.97. The maximum Gasteiger partial charge on any atom is 0.344 e. The number of para-hydroxylation sites is 1. The first-order chi connectivity index (χ1) is 15.6. The minimum Gasteiger partial charge on any atom is -0.482 e. The largest absolute Gasteiger partial charge is 0.482 e. The molecule has 0 aliphatic carbocycles. The molecule has 0 radical (unpaired) electrons. The molecule has 7 nitrogen and oxygen atoms in total. The number of nitrogens with one attached hydrogen (secondary N) is 2. The first-order valence-electron chi connectivity index (χ1n) is 10.1. The van der Waals surface area contributed by atoms with E-state index >= 15 is 0 Å². The molecule has 0 saturated carbocycles. The topological polar surface area (TPSA) is 89.6 Å². The summed E-state index contributed by atoms with van der Waals surface area (Å²) < 4.78 is 11.5. The van der Waals surface area contributed by atoms with Crippen molar-refractivity contribution in [2.45, 2.75) is 13.0 Å². The Bertz CT molecular complexity index is 1050. The Morgan fingerprint density at radius 3 is 2.41 bits per heavy atom. The van der Waals surface area contributed by atoms with Crippen LogP contribution in [0.3, 0.4) is 0 Å². The van der Waals surface area contributed by atoms with Crippen LogP contribution in [-0.4, -0.2) is 37.1 Å². The summed E-state index contributed by atoms with van der Waals surface area (Å²) in [4.78, 5) is 29.5. The highest BCUT2D eigenvalue weighted by molar-refractivity contribution is 14.1. The summed E-state index contributed by atoms with van der Waals surface area (Å²) in [6.07, 6.45) is 2.34. The van der Waals surface area contributed by atoms with Crippen molar-refractivity contribution in [2.24, 2.45) is 0 Å². The van der Waals surface area contributed by atoms with Gasteiger partial charge in [0.15, 0.2) is 6.61 Å². The third-order valence-electron chi connectivity index (χ3n) is 4.62. The van der Waals surface area contributed by atoms with Crippen molar-refractivity contribution >= 4 is 40.3 Å². The van der Waals surface area contributed by atoms with E-state index in [0.29, 0.717) is 35.7 Å². The fraction of sp³-hybridized carbons (Fsp3) is 0.208. The number of aromatic nitrogens is 1. The number of carbonyl (C=O) groups excluding carboxylic acids is 2. The second kappa shape index (κ2) is 12.0. The van der Waals surface area contributed by atoms with Crippen molar-refractivity contribution in [3.63, 3.8) is 0 Å². The van der Waals surface area contributed by atoms with Crippen molar-refractivity contribution in [3.8, 4) is 5.75 Å². The van der Waals surface area contributed by atoms with E-state index < -0.39 is 5.97 Å². The average Bonchev–Trinajstić information content (AvgIpc) is 2.83. The summed E-state index contributed by atoms with van der Waals surface area (Å²) in [5.74, 6) is 0.207. The Kier molecular flexibility index (Phi) is 8.85. The molecular weight excluding hydrogens is 521 g/mol. The van der Waals surface area contributed by atoms with Crippen LogP contribution in [0.25, 0.3) is 0 Å². The molecule has 8 heteroatoms. The van der Waals surface area contributed by atoms with Gasteiger partial charge in [0.2, 0.25) is 0 Å². The molecule has 0 aliphatic heterocycles. The molecule has 0 spiro atoms. The summed E-state index contributed by atoms with van der Waals surface area (Å²) >= 11 is 2.08. The van der Waals surface area contributed by atoms with Crippen LogP contribution in [0.2, 0.25) is 0 Å². The number of rotatable bonds is 10. The van der Waals surface area contributed by atoms with Gasteiger partial charge in [0, 0.05) is 28.9 Å². The van der Waals surface area contributed by atoms with Gasteiger partial charge in [0.25, 0.3) is 5.91 Å². The van der Waals surface area contributed by atoms with Crippen molar-refractivity contribution < 1.29 is 19.1 Å². The van der Waals surface area contributed by atoms with Gasteiger partial charge in [-0.15, -0.1) is 0 Å². The van der Waals surface area contributed by atoms with Gasteiger partial charge < -0.3 is 20.1 Å². The molecule has 0 fully saturated rings. The highest BCUT2D eigenvalue weighted by Gasteiger charge is 2.21. The summed E-state index contributed by atoms with van der Waals surface area (Å²) in [6.45, 7) is 0.193. The van der Waals surface area contributed by atoms with Gasteiger partial charge in [0.1, 0.15) is 18.2 Å². The number of halogens is 1. The standard InChI is InChI=1S/C24H24IN3O4/c1-26-23-22(24(30)27-13-12-17-8-4-2-5-9-17)19(20(25)14-28-23)15-32-21(29)16-31-18-10-6-3-7-11-18/h2-11,14H,12-13,15-16H2,1H3,(H,26,28)(H,27,30). The second-order valence-electron chi connectivity index (χ2n) is 6.81. The van der Waals surface area contributed by atoms with E-state index in [4.69, 9.17) is 9.47 Å². The number of carbonyl (C=O) groups is 2. The smallest absolute Gasteiger partial charge is 0.344 e. The van der Waals surface area contributed by atoms with Crippen LogP contribution in [-0.2, 0) is 22.6 Å². The zero-order valence-corrected chi connectivity index (χ0v) is 19.8. The fourth-order valence-electron chi connectivity index (χ4n) is 3.01. The van der Waals surface area contributed by atoms with Crippen LogP contribution < -0.4 is 15.4 Å². The van der Waals surface area contributed by atoms with E-state index in [2.05, 4.69) is 38.2 Å². The maximum absolute atomic E-state index is 13.0. The highest BCUT2D eigenvalue weighted by Crippen LogP contribution is 2.23. The molecule has 166 valence electrons. The molecule has 0 saturated heterocycles. The number of amides is 1. The third kappa shape index (κ3) is 6.68. The minimum atomic E-state index is -0.525. The Hall–Kier alpha value is -3.14. The van der Waals surface area contributed by atoms with Crippen LogP contribution in [0.15, 0.2) is 66.9 Å². The van der Waals surface area contributed by atoms with E-state index in [0.717, 1.165) is 9.13 Å². The molecule has 0 atom stereocenters. The quantitative estimate of drug-likeness (QED) is 0.298. The van der Waals surface area contributed by atoms with Gasteiger partial charge >= 0.3 is 5.97 Å². The summed E-state index contributed by atoms with van der Waals surface area (Å²) in [5.41, 5.74) is 2.09. The van der Waals surface area contributed by atoms with E-state index in [1.54, 1.807) is 25.4 Å². The van der Waals surface area contributed by atoms with Crippen LogP contribution in [0.5, 0.6) is 5.75 Å². The molecule has 1 heterocycles. The summed E-state index contributed by atoms with van der Waals surface area (Å²) in [7, 11) is 1.69. The zero-order chi connectivity index (χ0) is 22.8. The Morgan fingerprint density at radius 2 is 1.72 bits per heavy atom. The van der Waals surface area contributed by atoms with Crippen LogP contribution in [0.1, 0.15) is 21.5 Å². The molecule has 1 amide bonds. The SMILES string of the molecule is CNc1ncc(I)c(COC(=O)COc2ccccc2)c1C(=O)NCCc1ccccc1. The number of esters is 1. The van der Waals surface area contributed by atoms with Crippen LogP contribution >= 0.6 is 22.6 Å². The summed E-state index contributed by atoms with van der Waals surface area (Å²) in [5, 5.41) is 5.88. The van der Waals surface area contributed by atoms with Gasteiger partial charge in [-0.05, 0) is 46.7 Å². The van der Waals surface area contributed by atoms with E-state index in [-0.39, 0.29) is 19.1 Å². The minimum absolute atomic E-state index is 0.0616. The monoisotopic (exact) mass is 545 g/mol. The molecule has 3 rings (SSSR count). The Labute approximate surface area is 200 Å². The first kappa shape index (κ1) is 23.5. The lowest BCUT2D eigenvalue weighted by Gasteiger charge is -2.16. The number of nitrogens with zero attached hydrogens (tertiary/aromatic N) is 1. The van der Waals surface area contributed by atoms with Crippen LogP contribution in [0.4, 0.5) is 5.82 Å². The molecule has 3 aromatic rings. The number of pyridine rings is 1. The molecule has 32 heavy (non-hydrogen) atoms. The zero-order valence-electron chi connectivity index (χ0n) is 17.6. The fourth-order valence-corrected chi connectivity index (χ4v) is 3.57. The van der Waals surface area contributed by atoms with E-state index in [1.165, 1.54) is 0 Å². The summed E-state index contributed by atoms with van der Waals surface area (Å²) in [6, 6.07) is 18.9. The normalized spacial score (nSPS) is 10.3. The molecule has 0 aliphatic rings. The van der Waals surface area contributed by atoms with Crippen molar-refractivity contribution in [2.75, 3.05) is 25.5 Å². The molecule has 2 aromatic carbocycles. The highest BCUT2D eigenvalue weighted by atomic mass is 127. The Balaban J connectivity index is 1.64. The number of hydrogen-bond acceptors (Lipinski definition) is 6. The van der Waals surface area contributed by atoms with Crippen molar-refractivity contribution in [3.05, 3.63) is 87.1 Å². The number of hydrogen-bond donors (Lipinski definition) is 2. The van der Waals surface area contributed by atoms with Gasteiger partial charge in [-0.2, -0.15) is 0 Å². The molecule has 2 N–H and O–H groups in total. The maximum atomic E-state index is 13.0. The van der Waals surface area contributed by atoms with Gasteiger partial charge in [0.05, 0.1) is 5.56 Å². The first-order valence-corrected chi connectivity index (χ1v) is 11.2. The van der Waals surface area contributed by atoms with Crippen molar-refractivity contribution in [1.29, 1.82) is 0 Å². The van der Waals surface area contributed by atoms with Crippen LogP contribution in [0, 0.1) is 3.57 Å². The van der Waals surface area contributed by atoms with Crippen molar-refractivity contribution in [1.82, 2.24) is 10.3 Å². The van der Waals surface area contributed by atoms with E-state index in [9.17, 15) is 9.59 Å². The van der Waals surface area contributed by atoms with Gasteiger partial charge in [-0.1, -0.05) is 48.5 Å². The number of anilines is 1. The lowest BCUT2D eigenvalue weighted by Crippen LogP contribution is -2.28. The molecule has 1 aromatic heterocycles.